The standard InChI is InChI=1S/C21H18O9/c22-8-16-18(26)20(27)21(30-16)7-11-15(29-21)6-13(25)17-12(24)5-14(28-19(11)17)9-1-3-10(23)4-2-9/h1-6,16,18,20,22-23,25-27H,7-8H2. The molecule has 1 spiro atoms. The van der Waals surface area contributed by atoms with Crippen molar-refractivity contribution >= 4 is 11.0 Å². The number of phenolic OH excluding ortho intramolecular Hbond substituents is 2. The molecule has 156 valence electrons. The number of aromatic hydroxyl groups is 2. The fourth-order valence-electron chi connectivity index (χ4n) is 4.07. The molecule has 0 aliphatic carbocycles. The molecular formula is C21H18O9. The average Bonchev–Trinajstić information content (AvgIpc) is 3.20. The first-order valence-corrected chi connectivity index (χ1v) is 9.29. The molecule has 2 aliphatic heterocycles. The number of phenols is 2. The van der Waals surface area contributed by atoms with Crippen molar-refractivity contribution in [1.82, 2.24) is 0 Å². The van der Waals surface area contributed by atoms with E-state index < -0.39 is 36.1 Å². The van der Waals surface area contributed by atoms with Crippen molar-refractivity contribution in [2.24, 2.45) is 0 Å². The van der Waals surface area contributed by atoms with Crippen molar-refractivity contribution in [3.63, 3.8) is 0 Å². The van der Waals surface area contributed by atoms with Gasteiger partial charge in [-0.2, -0.15) is 0 Å². The SMILES string of the molecule is O=c1cc(-c2ccc(O)cc2)oc2c3c(cc(O)c12)OC1(C3)OC(CO)C(O)C1O. The van der Waals surface area contributed by atoms with Gasteiger partial charge in [-0.1, -0.05) is 0 Å². The Morgan fingerprint density at radius 2 is 1.83 bits per heavy atom. The van der Waals surface area contributed by atoms with E-state index in [1.165, 1.54) is 24.3 Å². The number of rotatable bonds is 2. The monoisotopic (exact) mass is 414 g/mol. The highest BCUT2D eigenvalue weighted by Gasteiger charge is 2.59. The normalized spacial score (nSPS) is 27.5. The minimum atomic E-state index is -1.68. The van der Waals surface area contributed by atoms with Gasteiger partial charge in [-0.15, -0.1) is 0 Å². The van der Waals surface area contributed by atoms with E-state index in [1.807, 2.05) is 0 Å². The van der Waals surface area contributed by atoms with E-state index in [2.05, 4.69) is 0 Å². The van der Waals surface area contributed by atoms with Gasteiger partial charge in [0.1, 0.15) is 52.3 Å². The number of aliphatic hydroxyl groups excluding tert-OH is 3. The fourth-order valence-corrected chi connectivity index (χ4v) is 4.07. The van der Waals surface area contributed by atoms with Crippen molar-refractivity contribution in [1.29, 1.82) is 0 Å². The number of fused-ring (bicyclic) bond motifs is 3. The summed E-state index contributed by atoms with van der Waals surface area (Å²) in [5, 5.41) is 49.8. The molecule has 9 nitrogen and oxygen atoms in total. The first-order valence-electron chi connectivity index (χ1n) is 9.29. The van der Waals surface area contributed by atoms with Crippen molar-refractivity contribution < 1.29 is 39.4 Å². The Kier molecular flexibility index (Phi) is 4.06. The molecule has 1 fully saturated rings. The smallest absolute Gasteiger partial charge is 0.244 e. The summed E-state index contributed by atoms with van der Waals surface area (Å²) in [6, 6.07) is 8.52. The van der Waals surface area contributed by atoms with Gasteiger partial charge in [-0.25, -0.2) is 0 Å². The molecule has 4 atom stereocenters. The lowest BCUT2D eigenvalue weighted by Crippen LogP contribution is -2.47. The molecule has 5 rings (SSSR count). The second-order valence-electron chi connectivity index (χ2n) is 7.46. The van der Waals surface area contributed by atoms with Crippen LogP contribution in [0.15, 0.2) is 45.6 Å². The van der Waals surface area contributed by atoms with Gasteiger partial charge in [-0.3, -0.25) is 4.79 Å². The maximum atomic E-state index is 12.7. The van der Waals surface area contributed by atoms with Gasteiger partial charge in [0.2, 0.25) is 5.79 Å². The number of aliphatic hydroxyl groups is 3. The highest BCUT2D eigenvalue weighted by molar-refractivity contribution is 5.90. The average molecular weight is 414 g/mol. The second kappa shape index (κ2) is 6.44. The zero-order valence-corrected chi connectivity index (χ0v) is 15.5. The lowest BCUT2D eigenvalue weighted by molar-refractivity contribution is -0.200. The van der Waals surface area contributed by atoms with Crippen molar-refractivity contribution in [2.45, 2.75) is 30.5 Å². The summed E-state index contributed by atoms with van der Waals surface area (Å²) in [5.41, 5.74) is 0.493. The predicted molar refractivity (Wildman–Crippen MR) is 102 cm³/mol. The van der Waals surface area contributed by atoms with Crippen LogP contribution in [0.5, 0.6) is 17.2 Å². The highest BCUT2D eigenvalue weighted by atomic mass is 16.7. The largest absolute Gasteiger partial charge is 0.508 e. The molecule has 1 saturated heterocycles. The molecule has 0 amide bonds. The van der Waals surface area contributed by atoms with Crippen LogP contribution in [0, 0.1) is 0 Å². The van der Waals surface area contributed by atoms with Gasteiger partial charge in [0.25, 0.3) is 0 Å². The van der Waals surface area contributed by atoms with E-state index in [-0.39, 0.29) is 40.4 Å². The van der Waals surface area contributed by atoms with Gasteiger partial charge < -0.3 is 39.4 Å². The molecule has 9 heteroatoms. The van der Waals surface area contributed by atoms with E-state index in [9.17, 15) is 30.3 Å². The number of ether oxygens (including phenoxy) is 2. The minimum absolute atomic E-state index is 0.0522. The first kappa shape index (κ1) is 18.9. The lowest BCUT2D eigenvalue weighted by Gasteiger charge is -2.26. The van der Waals surface area contributed by atoms with E-state index in [1.54, 1.807) is 12.1 Å². The molecule has 0 radical (unpaired) electrons. The summed E-state index contributed by atoms with van der Waals surface area (Å²) in [4.78, 5) is 12.7. The van der Waals surface area contributed by atoms with Crippen LogP contribution in [-0.2, 0) is 11.2 Å². The first-order chi connectivity index (χ1) is 14.3. The quantitative estimate of drug-likeness (QED) is 0.406. The van der Waals surface area contributed by atoms with Crippen LogP contribution in [0.1, 0.15) is 5.56 Å². The highest BCUT2D eigenvalue weighted by Crippen LogP contribution is 2.48. The zero-order valence-electron chi connectivity index (χ0n) is 15.5. The lowest BCUT2D eigenvalue weighted by atomic mass is 9.98. The molecule has 2 aliphatic rings. The maximum absolute atomic E-state index is 12.7. The molecule has 1 aromatic heterocycles. The Morgan fingerprint density at radius 3 is 2.50 bits per heavy atom. The number of hydrogen-bond donors (Lipinski definition) is 5. The Bertz CT molecular complexity index is 1200. The molecule has 3 aromatic rings. The van der Waals surface area contributed by atoms with Crippen LogP contribution in [0.25, 0.3) is 22.3 Å². The minimum Gasteiger partial charge on any atom is -0.508 e. The number of benzene rings is 2. The van der Waals surface area contributed by atoms with E-state index >= 15 is 0 Å². The fraction of sp³-hybridized carbons (Fsp3) is 0.286. The summed E-state index contributed by atoms with van der Waals surface area (Å²) in [6.45, 7) is -0.522. The molecular weight excluding hydrogens is 396 g/mol. The third kappa shape index (κ3) is 2.60. The zero-order chi connectivity index (χ0) is 21.2. The van der Waals surface area contributed by atoms with E-state index in [0.29, 0.717) is 11.1 Å². The third-order valence-corrected chi connectivity index (χ3v) is 5.59. The molecule has 2 aromatic carbocycles. The molecule has 0 saturated carbocycles. The summed E-state index contributed by atoms with van der Waals surface area (Å²) in [6.07, 6.45) is -3.96. The molecule has 5 N–H and O–H groups in total. The maximum Gasteiger partial charge on any atom is 0.244 e. The Balaban J connectivity index is 1.67. The van der Waals surface area contributed by atoms with Crippen molar-refractivity contribution in [3.05, 3.63) is 52.2 Å². The van der Waals surface area contributed by atoms with Crippen LogP contribution in [-0.4, -0.2) is 56.2 Å². The van der Waals surface area contributed by atoms with Gasteiger partial charge in [-0.05, 0) is 24.3 Å². The van der Waals surface area contributed by atoms with Gasteiger partial charge in [0.15, 0.2) is 5.43 Å². The van der Waals surface area contributed by atoms with Crippen LogP contribution >= 0.6 is 0 Å². The van der Waals surface area contributed by atoms with Crippen LogP contribution < -0.4 is 10.2 Å². The summed E-state index contributed by atoms with van der Waals surface area (Å²) < 4.78 is 17.3. The molecule has 4 unspecified atom stereocenters. The molecule has 30 heavy (non-hydrogen) atoms. The molecule has 0 bridgehead atoms. The Morgan fingerprint density at radius 1 is 1.10 bits per heavy atom. The van der Waals surface area contributed by atoms with Crippen molar-refractivity contribution in [2.75, 3.05) is 6.61 Å². The van der Waals surface area contributed by atoms with Crippen LogP contribution in [0.3, 0.4) is 0 Å². The van der Waals surface area contributed by atoms with Gasteiger partial charge in [0, 0.05) is 29.7 Å². The Labute approximate surface area is 169 Å². The Hall–Kier alpha value is -3.11. The molecule has 3 heterocycles. The van der Waals surface area contributed by atoms with Crippen LogP contribution in [0.2, 0.25) is 0 Å². The number of hydrogen-bond acceptors (Lipinski definition) is 9. The topological polar surface area (TPSA) is 150 Å². The third-order valence-electron chi connectivity index (χ3n) is 5.59. The van der Waals surface area contributed by atoms with Gasteiger partial charge in [0.05, 0.1) is 6.61 Å². The van der Waals surface area contributed by atoms with Gasteiger partial charge >= 0.3 is 0 Å². The van der Waals surface area contributed by atoms with Crippen LogP contribution in [0.4, 0.5) is 0 Å². The second-order valence-corrected chi connectivity index (χ2v) is 7.46. The summed E-state index contributed by atoms with van der Waals surface area (Å²) in [7, 11) is 0. The summed E-state index contributed by atoms with van der Waals surface area (Å²) in [5.74, 6) is -1.64. The predicted octanol–water partition coefficient (Wildman–Crippen LogP) is 0.615. The summed E-state index contributed by atoms with van der Waals surface area (Å²) >= 11 is 0. The van der Waals surface area contributed by atoms with Crippen molar-refractivity contribution in [3.8, 4) is 28.6 Å². The van der Waals surface area contributed by atoms with E-state index in [4.69, 9.17) is 13.9 Å². The van der Waals surface area contributed by atoms with E-state index in [0.717, 1.165) is 0 Å².